The van der Waals surface area contributed by atoms with Gasteiger partial charge in [0.25, 0.3) is 5.56 Å². The van der Waals surface area contributed by atoms with Gasteiger partial charge in [0, 0.05) is 45.2 Å². The molecule has 1 amide bonds. The number of likely N-dealkylation sites (tertiary alicyclic amines) is 1. The Morgan fingerprint density at radius 1 is 1.21 bits per heavy atom. The van der Waals surface area contributed by atoms with E-state index in [1.807, 2.05) is 11.8 Å². The van der Waals surface area contributed by atoms with E-state index in [4.69, 9.17) is 0 Å². The molecule has 2 saturated heterocycles. The average Bonchev–Trinajstić information content (AvgIpc) is 2.62. The number of hydrogen-bond acceptors (Lipinski definition) is 4. The van der Waals surface area contributed by atoms with Crippen molar-refractivity contribution >= 4 is 11.6 Å². The van der Waals surface area contributed by atoms with E-state index in [0.29, 0.717) is 24.8 Å². The fourth-order valence-corrected chi connectivity index (χ4v) is 3.82. The minimum absolute atomic E-state index is 0.0542. The molecule has 2 aliphatic heterocycles. The van der Waals surface area contributed by atoms with Crippen LogP contribution >= 0.6 is 0 Å². The number of piperidine rings is 2. The SMILES string of the molecule is CCn1ncc(N2CCCC(CC(=O)N3CCCCC3)C2)cc1=O. The van der Waals surface area contributed by atoms with E-state index in [0.717, 1.165) is 57.5 Å². The summed E-state index contributed by atoms with van der Waals surface area (Å²) in [6.45, 7) is 6.13. The number of aromatic nitrogens is 2. The van der Waals surface area contributed by atoms with E-state index < -0.39 is 0 Å². The van der Waals surface area contributed by atoms with Crippen molar-refractivity contribution in [1.29, 1.82) is 0 Å². The molecule has 0 spiro atoms. The summed E-state index contributed by atoms with van der Waals surface area (Å²) in [7, 11) is 0. The topological polar surface area (TPSA) is 58.4 Å². The first-order valence-corrected chi connectivity index (χ1v) is 9.27. The summed E-state index contributed by atoms with van der Waals surface area (Å²) in [5, 5.41) is 4.22. The second-order valence-electron chi connectivity index (χ2n) is 6.97. The summed E-state index contributed by atoms with van der Waals surface area (Å²) in [5.41, 5.74) is 0.835. The molecule has 0 bridgehead atoms. The Balaban J connectivity index is 1.60. The van der Waals surface area contributed by atoms with Gasteiger partial charge in [-0.1, -0.05) is 0 Å². The van der Waals surface area contributed by atoms with Crippen LogP contribution in [0.5, 0.6) is 0 Å². The molecule has 0 aliphatic carbocycles. The lowest BCUT2D eigenvalue weighted by molar-refractivity contribution is -0.133. The monoisotopic (exact) mass is 332 g/mol. The molecule has 0 aromatic carbocycles. The fourth-order valence-electron chi connectivity index (χ4n) is 3.82. The summed E-state index contributed by atoms with van der Waals surface area (Å²) in [4.78, 5) is 28.7. The van der Waals surface area contributed by atoms with E-state index in [1.54, 1.807) is 12.3 Å². The zero-order valence-corrected chi connectivity index (χ0v) is 14.6. The molecule has 1 atom stereocenters. The summed E-state index contributed by atoms with van der Waals surface area (Å²) < 4.78 is 1.46. The molecule has 0 N–H and O–H groups in total. The van der Waals surface area contributed by atoms with Gasteiger partial charge in [-0.05, 0) is 44.9 Å². The first-order valence-electron chi connectivity index (χ1n) is 9.27. The predicted octanol–water partition coefficient (Wildman–Crippen LogP) is 1.88. The Morgan fingerprint density at radius 2 is 2.00 bits per heavy atom. The highest BCUT2D eigenvalue weighted by Gasteiger charge is 2.25. The van der Waals surface area contributed by atoms with Crippen molar-refractivity contribution in [2.24, 2.45) is 5.92 Å². The minimum Gasteiger partial charge on any atom is -0.370 e. The molecule has 0 saturated carbocycles. The summed E-state index contributed by atoms with van der Waals surface area (Å²) in [6, 6.07) is 1.67. The second kappa shape index (κ2) is 7.81. The lowest BCUT2D eigenvalue weighted by atomic mass is 9.93. The number of nitrogens with zero attached hydrogens (tertiary/aromatic N) is 4. The van der Waals surface area contributed by atoms with Crippen molar-refractivity contribution in [3.8, 4) is 0 Å². The van der Waals surface area contributed by atoms with Gasteiger partial charge in [0.2, 0.25) is 5.91 Å². The molecule has 2 aliphatic rings. The molecule has 6 heteroatoms. The van der Waals surface area contributed by atoms with Crippen molar-refractivity contribution in [3.63, 3.8) is 0 Å². The van der Waals surface area contributed by atoms with Crippen LogP contribution in [0, 0.1) is 5.92 Å². The lowest BCUT2D eigenvalue weighted by Crippen LogP contribution is -2.41. The smallest absolute Gasteiger partial charge is 0.268 e. The molecule has 6 nitrogen and oxygen atoms in total. The number of rotatable bonds is 4. The number of carbonyl (C=O) groups excluding carboxylic acids is 1. The van der Waals surface area contributed by atoms with Crippen LogP contribution in [0.1, 0.15) is 45.4 Å². The Morgan fingerprint density at radius 3 is 2.71 bits per heavy atom. The normalized spacial score (nSPS) is 21.8. The predicted molar refractivity (Wildman–Crippen MR) is 94.2 cm³/mol. The van der Waals surface area contributed by atoms with Crippen LogP contribution in [-0.2, 0) is 11.3 Å². The van der Waals surface area contributed by atoms with Crippen LogP contribution in [-0.4, -0.2) is 46.8 Å². The van der Waals surface area contributed by atoms with Crippen LogP contribution in [0.4, 0.5) is 5.69 Å². The van der Waals surface area contributed by atoms with Crippen LogP contribution in [0.3, 0.4) is 0 Å². The number of aryl methyl sites for hydroxylation is 1. The molecule has 24 heavy (non-hydrogen) atoms. The molecule has 1 aromatic heterocycles. The van der Waals surface area contributed by atoms with Gasteiger partial charge in [0.05, 0.1) is 11.9 Å². The third-order valence-electron chi connectivity index (χ3n) is 5.21. The largest absolute Gasteiger partial charge is 0.370 e. The first-order chi connectivity index (χ1) is 11.7. The van der Waals surface area contributed by atoms with Gasteiger partial charge in [-0.15, -0.1) is 0 Å². The standard InChI is InChI=1S/C18H28N4O2/c1-2-22-18(24)12-16(13-19-22)21-10-6-7-15(14-21)11-17(23)20-8-4-3-5-9-20/h12-13,15H,2-11,14H2,1H3. The van der Waals surface area contributed by atoms with Crippen LogP contribution in [0.15, 0.2) is 17.1 Å². The summed E-state index contributed by atoms with van der Waals surface area (Å²) in [6.07, 6.45) is 8.10. The number of anilines is 1. The highest BCUT2D eigenvalue weighted by atomic mass is 16.2. The van der Waals surface area contributed by atoms with Crippen LogP contribution in [0.25, 0.3) is 0 Å². The van der Waals surface area contributed by atoms with Crippen molar-refractivity contribution in [2.75, 3.05) is 31.1 Å². The Kier molecular flexibility index (Phi) is 5.53. The van der Waals surface area contributed by atoms with Crippen molar-refractivity contribution < 1.29 is 4.79 Å². The third kappa shape index (κ3) is 3.97. The van der Waals surface area contributed by atoms with E-state index in [1.165, 1.54) is 11.1 Å². The number of hydrogen-bond donors (Lipinski definition) is 0. The second-order valence-corrected chi connectivity index (χ2v) is 6.97. The Labute approximate surface area is 143 Å². The summed E-state index contributed by atoms with van der Waals surface area (Å²) >= 11 is 0. The van der Waals surface area contributed by atoms with Crippen molar-refractivity contribution in [3.05, 3.63) is 22.6 Å². The zero-order chi connectivity index (χ0) is 16.9. The van der Waals surface area contributed by atoms with Crippen LogP contribution < -0.4 is 10.5 Å². The quantitative estimate of drug-likeness (QED) is 0.845. The van der Waals surface area contributed by atoms with Crippen molar-refractivity contribution in [2.45, 2.75) is 52.0 Å². The van der Waals surface area contributed by atoms with Gasteiger partial charge < -0.3 is 9.80 Å². The molecule has 2 fully saturated rings. The molecule has 132 valence electrons. The van der Waals surface area contributed by atoms with E-state index in [2.05, 4.69) is 10.00 Å². The average molecular weight is 332 g/mol. The lowest BCUT2D eigenvalue weighted by Gasteiger charge is -2.35. The molecule has 3 rings (SSSR count). The van der Waals surface area contributed by atoms with E-state index in [-0.39, 0.29) is 5.56 Å². The molecular weight excluding hydrogens is 304 g/mol. The minimum atomic E-state index is -0.0542. The summed E-state index contributed by atoms with van der Waals surface area (Å²) in [5.74, 6) is 0.683. The molecule has 1 aromatic rings. The van der Waals surface area contributed by atoms with Gasteiger partial charge in [-0.3, -0.25) is 9.59 Å². The Hall–Kier alpha value is -1.85. The van der Waals surface area contributed by atoms with Crippen molar-refractivity contribution in [1.82, 2.24) is 14.7 Å². The van der Waals surface area contributed by atoms with E-state index >= 15 is 0 Å². The fraction of sp³-hybridized carbons (Fsp3) is 0.722. The van der Waals surface area contributed by atoms with Crippen LogP contribution in [0.2, 0.25) is 0 Å². The van der Waals surface area contributed by atoms with Gasteiger partial charge >= 0.3 is 0 Å². The number of carbonyl (C=O) groups is 1. The Bertz CT molecular complexity index is 622. The molecular formula is C18H28N4O2. The van der Waals surface area contributed by atoms with E-state index in [9.17, 15) is 9.59 Å². The molecule has 0 radical (unpaired) electrons. The maximum Gasteiger partial charge on any atom is 0.268 e. The first kappa shape index (κ1) is 17.0. The molecule has 1 unspecified atom stereocenters. The number of amides is 1. The highest BCUT2D eigenvalue weighted by molar-refractivity contribution is 5.76. The van der Waals surface area contributed by atoms with Gasteiger partial charge in [0.1, 0.15) is 0 Å². The van der Waals surface area contributed by atoms with Gasteiger partial charge in [-0.25, -0.2) is 4.68 Å². The zero-order valence-electron chi connectivity index (χ0n) is 14.6. The third-order valence-corrected chi connectivity index (χ3v) is 5.21. The maximum absolute atomic E-state index is 12.5. The highest BCUT2D eigenvalue weighted by Crippen LogP contribution is 2.25. The van der Waals surface area contributed by atoms with Gasteiger partial charge in [0.15, 0.2) is 0 Å². The molecule has 3 heterocycles. The maximum atomic E-state index is 12.5. The van der Waals surface area contributed by atoms with Gasteiger partial charge in [-0.2, -0.15) is 5.10 Å².